The van der Waals surface area contributed by atoms with Crippen LogP contribution in [0.15, 0.2) is 29.5 Å². The zero-order chi connectivity index (χ0) is 24.5. The Bertz CT molecular complexity index is 1350. The van der Waals surface area contributed by atoms with Gasteiger partial charge in [0.15, 0.2) is 5.78 Å². The summed E-state index contributed by atoms with van der Waals surface area (Å²) in [5, 5.41) is 8.55. The van der Waals surface area contributed by atoms with Crippen LogP contribution in [-0.4, -0.2) is 25.5 Å². The molecule has 0 fully saturated rings. The minimum atomic E-state index is -0.157. The highest BCUT2D eigenvalue weighted by molar-refractivity contribution is 6.01. The zero-order valence-electron chi connectivity index (χ0n) is 21.4. The predicted octanol–water partition coefficient (Wildman–Crippen LogP) is 5.71. The molecule has 5 rings (SSSR count). The number of hydrogen-bond donors (Lipinski definition) is 1. The van der Waals surface area contributed by atoms with Crippen LogP contribution in [0, 0.1) is 47.0 Å². The van der Waals surface area contributed by atoms with Crippen LogP contribution in [0.4, 0.5) is 5.82 Å². The zero-order valence-corrected chi connectivity index (χ0v) is 21.4. The second kappa shape index (κ2) is 7.62. The van der Waals surface area contributed by atoms with Crippen LogP contribution >= 0.6 is 0 Å². The lowest BCUT2D eigenvalue weighted by Gasteiger charge is -2.39. The lowest BCUT2D eigenvalue weighted by molar-refractivity contribution is -0.118. The largest absolute Gasteiger partial charge is 0.343 e. The first kappa shape index (κ1) is 22.5. The summed E-state index contributed by atoms with van der Waals surface area (Å²) in [4.78, 5) is 23.0. The third-order valence-corrected chi connectivity index (χ3v) is 7.06. The van der Waals surface area contributed by atoms with Crippen LogP contribution in [0.5, 0.6) is 0 Å². The number of carbonyl (C=O) groups excluding carboxylic acids is 1. The summed E-state index contributed by atoms with van der Waals surface area (Å²) < 4.78 is 1.83. The van der Waals surface area contributed by atoms with Gasteiger partial charge in [0, 0.05) is 40.6 Å². The maximum absolute atomic E-state index is 13.7. The van der Waals surface area contributed by atoms with E-state index in [2.05, 4.69) is 62.0 Å². The number of hydrogen-bond acceptors (Lipinski definition) is 5. The molecule has 0 unspecified atom stereocenters. The normalized spacial score (nSPS) is 19.1. The average molecular weight is 456 g/mol. The van der Waals surface area contributed by atoms with Crippen molar-refractivity contribution in [2.24, 2.45) is 5.41 Å². The Balaban J connectivity index is 1.82. The van der Waals surface area contributed by atoms with E-state index in [9.17, 15) is 4.79 Å². The summed E-state index contributed by atoms with van der Waals surface area (Å²) >= 11 is 0. The van der Waals surface area contributed by atoms with Crippen LogP contribution in [0.1, 0.15) is 77.5 Å². The molecular weight excluding hydrogens is 422 g/mol. The lowest BCUT2D eigenvalue weighted by atomic mass is 9.68. The number of carbonyl (C=O) groups is 1. The van der Waals surface area contributed by atoms with Crippen molar-refractivity contribution in [1.82, 2.24) is 19.7 Å². The van der Waals surface area contributed by atoms with E-state index in [4.69, 9.17) is 5.10 Å². The van der Waals surface area contributed by atoms with Gasteiger partial charge in [-0.05, 0) is 76.1 Å². The highest BCUT2D eigenvalue weighted by Gasteiger charge is 2.44. The van der Waals surface area contributed by atoms with Gasteiger partial charge in [-0.2, -0.15) is 9.78 Å². The van der Waals surface area contributed by atoms with E-state index >= 15 is 0 Å². The Morgan fingerprint density at radius 1 is 0.912 bits per heavy atom. The number of Topliss-reactive ketones (excluding diaryl/α,β-unsaturated/α-hetero) is 1. The summed E-state index contributed by atoms with van der Waals surface area (Å²) in [6.45, 7) is 16.7. The Labute approximate surface area is 201 Å². The van der Waals surface area contributed by atoms with Gasteiger partial charge in [0.05, 0.1) is 5.69 Å². The van der Waals surface area contributed by atoms with E-state index in [1.54, 1.807) is 0 Å². The smallest absolute Gasteiger partial charge is 0.252 e. The van der Waals surface area contributed by atoms with Crippen molar-refractivity contribution in [3.63, 3.8) is 0 Å². The van der Waals surface area contributed by atoms with Gasteiger partial charge in [-0.3, -0.25) is 4.79 Å². The van der Waals surface area contributed by atoms with Crippen molar-refractivity contribution >= 4 is 11.6 Å². The number of benzene rings is 1. The van der Waals surface area contributed by atoms with E-state index < -0.39 is 0 Å². The number of aryl methyl sites for hydroxylation is 6. The fraction of sp³-hybridized carbons (Fsp3) is 0.429. The molecule has 2 aromatic heterocycles. The molecule has 0 amide bonds. The molecule has 1 aliphatic carbocycles. The van der Waals surface area contributed by atoms with Crippen molar-refractivity contribution in [1.29, 1.82) is 0 Å². The average Bonchev–Trinajstić information content (AvgIpc) is 3.01. The highest BCUT2D eigenvalue weighted by atomic mass is 16.1. The van der Waals surface area contributed by atoms with Crippen molar-refractivity contribution in [3.8, 4) is 5.95 Å². The fourth-order valence-corrected chi connectivity index (χ4v) is 5.96. The maximum Gasteiger partial charge on any atom is 0.252 e. The standard InChI is InChI=1S/C28H33N5O/c1-14-9-15(2)22(16(3)10-14)25-23-19(6)32-33(27-29-17(4)11-18(5)30-27)26(23)31-20-12-28(7,8)13-21(34)24(20)25/h9-11,25,31H,12-13H2,1-8H3/t25-/m0/s1. The van der Waals surface area contributed by atoms with E-state index in [1.807, 2.05) is 31.5 Å². The second-order valence-electron chi connectivity index (χ2n) is 10.9. The van der Waals surface area contributed by atoms with Crippen LogP contribution in [-0.2, 0) is 4.79 Å². The summed E-state index contributed by atoms with van der Waals surface area (Å²) in [7, 11) is 0. The molecule has 0 bridgehead atoms. The molecular formula is C28H33N5O. The monoisotopic (exact) mass is 455 g/mol. The van der Waals surface area contributed by atoms with Gasteiger partial charge in [0.25, 0.3) is 5.95 Å². The second-order valence-corrected chi connectivity index (χ2v) is 10.9. The van der Waals surface area contributed by atoms with Gasteiger partial charge in [-0.1, -0.05) is 31.5 Å². The number of fused-ring (bicyclic) bond motifs is 1. The number of nitrogens with one attached hydrogen (secondary N) is 1. The van der Waals surface area contributed by atoms with Crippen molar-refractivity contribution in [3.05, 3.63) is 74.4 Å². The van der Waals surface area contributed by atoms with Gasteiger partial charge in [0.2, 0.25) is 0 Å². The summed E-state index contributed by atoms with van der Waals surface area (Å²) in [5.41, 5.74) is 10.4. The molecule has 0 radical (unpaired) electrons. The van der Waals surface area contributed by atoms with E-state index in [0.717, 1.165) is 46.2 Å². The summed E-state index contributed by atoms with van der Waals surface area (Å²) in [6.07, 6.45) is 1.36. The van der Waals surface area contributed by atoms with Crippen LogP contribution in [0.2, 0.25) is 0 Å². The van der Waals surface area contributed by atoms with Gasteiger partial charge in [-0.15, -0.1) is 0 Å². The Morgan fingerprint density at radius 3 is 2.15 bits per heavy atom. The molecule has 3 aromatic rings. The maximum atomic E-state index is 13.7. The third-order valence-electron chi connectivity index (χ3n) is 7.06. The van der Waals surface area contributed by atoms with Crippen molar-refractivity contribution < 1.29 is 4.79 Å². The quantitative estimate of drug-likeness (QED) is 0.535. The minimum Gasteiger partial charge on any atom is -0.343 e. The van der Waals surface area contributed by atoms with E-state index in [1.165, 1.54) is 22.3 Å². The van der Waals surface area contributed by atoms with Gasteiger partial charge in [-0.25, -0.2) is 9.97 Å². The number of allylic oxidation sites excluding steroid dienone is 2. The van der Waals surface area contributed by atoms with Gasteiger partial charge in [0.1, 0.15) is 5.82 Å². The Kier molecular flexibility index (Phi) is 5.04. The minimum absolute atomic E-state index is 0.0986. The van der Waals surface area contributed by atoms with Crippen molar-refractivity contribution in [2.45, 2.75) is 74.1 Å². The topological polar surface area (TPSA) is 72.7 Å². The Morgan fingerprint density at radius 2 is 1.53 bits per heavy atom. The lowest BCUT2D eigenvalue weighted by Crippen LogP contribution is -2.34. The van der Waals surface area contributed by atoms with Crippen molar-refractivity contribution in [2.75, 3.05) is 5.32 Å². The molecule has 2 aliphatic rings. The first-order chi connectivity index (χ1) is 15.9. The molecule has 0 saturated heterocycles. The molecule has 3 heterocycles. The molecule has 6 nitrogen and oxygen atoms in total. The molecule has 1 atom stereocenters. The molecule has 34 heavy (non-hydrogen) atoms. The summed E-state index contributed by atoms with van der Waals surface area (Å²) in [6, 6.07) is 6.40. The van der Waals surface area contributed by atoms with Gasteiger partial charge < -0.3 is 5.32 Å². The number of nitrogens with zero attached hydrogens (tertiary/aromatic N) is 4. The van der Waals surface area contributed by atoms with Crippen LogP contribution < -0.4 is 5.32 Å². The molecule has 0 spiro atoms. The number of anilines is 1. The Hall–Kier alpha value is -3.28. The van der Waals surface area contributed by atoms with Crippen LogP contribution in [0.3, 0.4) is 0 Å². The molecule has 6 heteroatoms. The third kappa shape index (κ3) is 3.56. The fourth-order valence-electron chi connectivity index (χ4n) is 5.96. The SMILES string of the molecule is Cc1cc(C)c([C@@H]2C3=C(CC(C)(C)CC3=O)Nc3c2c(C)nn3-c2nc(C)cc(C)n2)c(C)c1. The van der Waals surface area contributed by atoms with E-state index in [0.29, 0.717) is 12.4 Å². The predicted molar refractivity (Wildman–Crippen MR) is 135 cm³/mol. The number of aromatic nitrogens is 4. The summed E-state index contributed by atoms with van der Waals surface area (Å²) in [5.74, 6) is 1.49. The van der Waals surface area contributed by atoms with E-state index in [-0.39, 0.29) is 17.1 Å². The molecule has 1 aliphatic heterocycles. The van der Waals surface area contributed by atoms with Crippen LogP contribution in [0.25, 0.3) is 5.95 Å². The molecule has 176 valence electrons. The first-order valence-corrected chi connectivity index (χ1v) is 12.0. The molecule has 0 saturated carbocycles. The number of ketones is 1. The molecule has 1 aromatic carbocycles. The molecule has 1 N–H and O–H groups in total. The first-order valence-electron chi connectivity index (χ1n) is 12.0. The van der Waals surface area contributed by atoms with Gasteiger partial charge >= 0.3 is 0 Å². The number of rotatable bonds is 2. The highest BCUT2D eigenvalue weighted by Crippen LogP contribution is 2.51.